The summed E-state index contributed by atoms with van der Waals surface area (Å²) < 4.78 is 0.862. The molecule has 1 aliphatic heterocycles. The molecule has 1 aromatic carbocycles. The van der Waals surface area contributed by atoms with Crippen LogP contribution in [-0.2, 0) is 4.79 Å². The first-order valence-electron chi connectivity index (χ1n) is 5.37. The van der Waals surface area contributed by atoms with Crippen molar-refractivity contribution in [3.63, 3.8) is 0 Å². The summed E-state index contributed by atoms with van der Waals surface area (Å²) >= 11 is 8.94. The van der Waals surface area contributed by atoms with Crippen molar-refractivity contribution in [2.45, 2.75) is 12.8 Å². The molecule has 0 atom stereocenters. The smallest absolute Gasteiger partial charge is 0.299 e. The molecule has 1 amide bonds. The zero-order valence-corrected chi connectivity index (χ0v) is 11.4. The van der Waals surface area contributed by atoms with E-state index in [2.05, 4.69) is 15.9 Å². The minimum atomic E-state index is -0.437. The summed E-state index contributed by atoms with van der Waals surface area (Å²) in [6, 6.07) is 5.26. The first-order chi connectivity index (χ1) is 8.15. The van der Waals surface area contributed by atoms with E-state index >= 15 is 0 Å². The number of hydrogen-bond donors (Lipinski definition) is 0. The van der Waals surface area contributed by atoms with Crippen LogP contribution in [0.3, 0.4) is 0 Å². The quantitative estimate of drug-likeness (QED) is 0.486. The van der Waals surface area contributed by atoms with Gasteiger partial charge in [-0.2, -0.15) is 0 Å². The molecular weight excluding hydrogens is 305 g/mol. The van der Waals surface area contributed by atoms with Gasteiger partial charge in [-0.1, -0.05) is 15.9 Å². The number of fused-ring (bicyclic) bond motifs is 1. The number of carbonyl (C=O) groups is 2. The molecule has 0 saturated heterocycles. The Bertz CT molecular complexity index is 476. The maximum Gasteiger partial charge on any atom is 0.299 e. The minimum Gasteiger partial charge on any atom is -0.305 e. The Hall–Kier alpha value is -0.870. The van der Waals surface area contributed by atoms with E-state index in [0.29, 0.717) is 23.7 Å². The van der Waals surface area contributed by atoms with Crippen molar-refractivity contribution < 1.29 is 9.59 Å². The first-order valence-corrected chi connectivity index (χ1v) is 6.69. The summed E-state index contributed by atoms with van der Waals surface area (Å²) in [4.78, 5) is 25.1. The van der Waals surface area contributed by atoms with Gasteiger partial charge < -0.3 is 4.90 Å². The number of rotatable bonds is 4. The zero-order chi connectivity index (χ0) is 12.4. The Balaban J connectivity index is 2.26. The van der Waals surface area contributed by atoms with Gasteiger partial charge in [-0.25, -0.2) is 0 Å². The Labute approximate surface area is 113 Å². The number of nitrogens with zero attached hydrogens (tertiary/aromatic N) is 1. The van der Waals surface area contributed by atoms with E-state index in [1.54, 1.807) is 18.2 Å². The molecular formula is C12H11BrClNO2. The fraction of sp³-hybridized carbons (Fsp3) is 0.333. The lowest BCUT2D eigenvalue weighted by Gasteiger charge is -2.16. The second kappa shape index (κ2) is 5.19. The lowest BCUT2D eigenvalue weighted by atomic mass is 10.1. The van der Waals surface area contributed by atoms with E-state index < -0.39 is 11.7 Å². The second-order valence-electron chi connectivity index (χ2n) is 3.84. The third-order valence-electron chi connectivity index (χ3n) is 2.70. The third-order valence-corrected chi connectivity index (χ3v) is 3.46. The van der Waals surface area contributed by atoms with Gasteiger partial charge in [0.2, 0.25) is 0 Å². The number of amides is 1. The minimum absolute atomic E-state index is 0.418. The Kier molecular flexibility index (Phi) is 3.84. The van der Waals surface area contributed by atoms with Gasteiger partial charge in [0.25, 0.3) is 11.7 Å². The summed E-state index contributed by atoms with van der Waals surface area (Å²) in [7, 11) is 0. The van der Waals surface area contributed by atoms with Gasteiger partial charge in [-0.3, -0.25) is 9.59 Å². The summed E-state index contributed by atoms with van der Waals surface area (Å²) in [5.74, 6) is -0.285. The zero-order valence-electron chi connectivity index (χ0n) is 9.08. The van der Waals surface area contributed by atoms with Crippen molar-refractivity contribution in [2.24, 2.45) is 0 Å². The van der Waals surface area contributed by atoms with E-state index in [1.807, 2.05) is 0 Å². The first kappa shape index (κ1) is 12.6. The third kappa shape index (κ3) is 2.38. The highest BCUT2D eigenvalue weighted by Gasteiger charge is 2.35. The summed E-state index contributed by atoms with van der Waals surface area (Å²) in [6.45, 7) is 0.542. The average molecular weight is 317 g/mol. The van der Waals surface area contributed by atoms with Crippen LogP contribution in [0.5, 0.6) is 0 Å². The lowest BCUT2D eigenvalue weighted by Crippen LogP contribution is -2.30. The number of hydrogen-bond acceptors (Lipinski definition) is 2. The number of alkyl halides is 1. The van der Waals surface area contributed by atoms with Crippen LogP contribution in [0.15, 0.2) is 22.7 Å². The molecule has 0 N–H and O–H groups in total. The van der Waals surface area contributed by atoms with Crippen molar-refractivity contribution in [1.29, 1.82) is 0 Å². The van der Waals surface area contributed by atoms with E-state index in [0.717, 1.165) is 17.3 Å². The van der Waals surface area contributed by atoms with Gasteiger partial charge in [0, 0.05) is 16.9 Å². The molecule has 17 heavy (non-hydrogen) atoms. The van der Waals surface area contributed by atoms with Crippen LogP contribution < -0.4 is 4.90 Å². The second-order valence-corrected chi connectivity index (χ2v) is 5.14. The van der Waals surface area contributed by atoms with Gasteiger partial charge >= 0.3 is 0 Å². The molecule has 0 radical (unpaired) electrons. The molecule has 0 fully saturated rings. The molecule has 0 aliphatic carbocycles. The molecule has 5 heteroatoms. The number of benzene rings is 1. The standard InChI is InChI=1S/C12H11BrClNO2/c13-8-3-4-9-10(7-8)15(6-2-1-5-14)12(17)11(9)16/h3-4,7H,1-2,5-6H2. The normalized spacial score (nSPS) is 14.4. The highest BCUT2D eigenvalue weighted by molar-refractivity contribution is 9.10. The largest absolute Gasteiger partial charge is 0.305 e. The molecule has 90 valence electrons. The maximum atomic E-state index is 11.8. The number of unbranched alkanes of at least 4 members (excludes halogenated alkanes) is 1. The van der Waals surface area contributed by atoms with E-state index in [9.17, 15) is 9.59 Å². The van der Waals surface area contributed by atoms with Gasteiger partial charge in [0.05, 0.1) is 11.3 Å². The van der Waals surface area contributed by atoms with E-state index in [1.165, 1.54) is 4.90 Å². The molecule has 0 bridgehead atoms. The van der Waals surface area contributed by atoms with Crippen LogP contribution in [0.4, 0.5) is 5.69 Å². The molecule has 1 aromatic rings. The summed E-state index contributed by atoms with van der Waals surface area (Å²) in [6.07, 6.45) is 1.64. The Morgan fingerprint density at radius 1 is 1.24 bits per heavy atom. The molecule has 0 saturated carbocycles. The van der Waals surface area contributed by atoms with Crippen molar-refractivity contribution in [3.05, 3.63) is 28.2 Å². The van der Waals surface area contributed by atoms with Crippen molar-refractivity contribution in [2.75, 3.05) is 17.3 Å². The monoisotopic (exact) mass is 315 g/mol. The Morgan fingerprint density at radius 3 is 2.71 bits per heavy atom. The predicted octanol–water partition coefficient (Wildman–Crippen LogP) is 3.00. The molecule has 0 spiro atoms. The number of ketones is 1. The van der Waals surface area contributed by atoms with Crippen molar-refractivity contribution in [1.82, 2.24) is 0 Å². The summed E-state index contributed by atoms with van der Waals surface area (Å²) in [5, 5.41) is 0. The van der Waals surface area contributed by atoms with E-state index in [-0.39, 0.29) is 0 Å². The van der Waals surface area contributed by atoms with Crippen molar-refractivity contribution >= 4 is 44.9 Å². The maximum absolute atomic E-state index is 11.8. The Morgan fingerprint density at radius 2 is 2.00 bits per heavy atom. The van der Waals surface area contributed by atoms with Gasteiger partial charge in [-0.15, -0.1) is 11.6 Å². The molecule has 0 unspecified atom stereocenters. The topological polar surface area (TPSA) is 37.4 Å². The fourth-order valence-corrected chi connectivity index (χ4v) is 2.39. The number of carbonyl (C=O) groups excluding carboxylic acids is 2. The van der Waals surface area contributed by atoms with Crippen LogP contribution in [-0.4, -0.2) is 24.1 Å². The molecule has 0 aromatic heterocycles. The highest BCUT2D eigenvalue weighted by Crippen LogP contribution is 2.31. The van der Waals surface area contributed by atoms with Gasteiger partial charge in [-0.05, 0) is 31.0 Å². The van der Waals surface area contributed by atoms with Crippen molar-refractivity contribution in [3.8, 4) is 0 Å². The summed E-state index contributed by atoms with van der Waals surface area (Å²) in [5.41, 5.74) is 1.19. The molecule has 3 nitrogen and oxygen atoms in total. The van der Waals surface area contributed by atoms with Gasteiger partial charge in [0.1, 0.15) is 0 Å². The average Bonchev–Trinajstić information content (AvgIpc) is 2.54. The van der Waals surface area contributed by atoms with Crippen LogP contribution in [0.2, 0.25) is 0 Å². The highest BCUT2D eigenvalue weighted by atomic mass is 79.9. The molecule has 1 heterocycles. The number of halogens is 2. The number of Topliss-reactive ketones (excluding diaryl/α,β-unsaturated/α-hetero) is 1. The number of anilines is 1. The predicted molar refractivity (Wildman–Crippen MR) is 70.8 cm³/mol. The molecule has 2 rings (SSSR count). The van der Waals surface area contributed by atoms with E-state index in [4.69, 9.17) is 11.6 Å². The SMILES string of the molecule is O=C1C(=O)N(CCCCCl)c2cc(Br)ccc21. The van der Waals surface area contributed by atoms with Crippen LogP contribution in [0.25, 0.3) is 0 Å². The van der Waals surface area contributed by atoms with Crippen LogP contribution >= 0.6 is 27.5 Å². The molecule has 1 aliphatic rings. The van der Waals surface area contributed by atoms with Crippen LogP contribution in [0.1, 0.15) is 23.2 Å². The van der Waals surface area contributed by atoms with Gasteiger partial charge in [0.15, 0.2) is 0 Å². The van der Waals surface area contributed by atoms with Crippen LogP contribution in [0, 0.1) is 0 Å². The fourth-order valence-electron chi connectivity index (χ4n) is 1.85. The lowest BCUT2D eigenvalue weighted by molar-refractivity contribution is -0.114.